The van der Waals surface area contributed by atoms with E-state index in [2.05, 4.69) is 0 Å². The highest BCUT2D eigenvalue weighted by Crippen LogP contribution is 2.38. The second-order valence-electron chi connectivity index (χ2n) is 5.37. The predicted molar refractivity (Wildman–Crippen MR) is 84.9 cm³/mol. The van der Waals surface area contributed by atoms with E-state index in [0.717, 1.165) is 29.3 Å². The number of nitrogens with zero attached hydrogens (tertiary/aromatic N) is 1. The van der Waals surface area contributed by atoms with Crippen LogP contribution in [0.4, 0.5) is 4.79 Å². The van der Waals surface area contributed by atoms with Crippen LogP contribution >= 0.6 is 11.8 Å². The third-order valence-corrected chi connectivity index (χ3v) is 4.79. The van der Waals surface area contributed by atoms with Crippen molar-refractivity contribution >= 4 is 29.0 Å². The molecule has 1 fully saturated rings. The average Bonchev–Trinajstić information content (AvgIpc) is 3.03. The number of aryl methyl sites for hydroxylation is 1. The number of ether oxygens (including phenoxy) is 2. The summed E-state index contributed by atoms with van der Waals surface area (Å²) in [7, 11) is 0. The highest BCUT2D eigenvalue weighted by molar-refractivity contribution is 8.18. The molecule has 116 valence electrons. The first-order valence-corrected chi connectivity index (χ1v) is 8.00. The van der Waals surface area contributed by atoms with E-state index in [1.165, 1.54) is 4.90 Å². The second-order valence-corrected chi connectivity index (χ2v) is 6.36. The van der Waals surface area contributed by atoms with Crippen molar-refractivity contribution in [3.05, 3.63) is 28.2 Å². The van der Waals surface area contributed by atoms with Crippen LogP contribution in [0.3, 0.4) is 0 Å². The van der Waals surface area contributed by atoms with Gasteiger partial charge in [-0.05, 0) is 61.4 Å². The molecule has 6 heteroatoms. The van der Waals surface area contributed by atoms with Crippen LogP contribution in [0.5, 0.6) is 11.5 Å². The number of hydrogen-bond acceptors (Lipinski definition) is 5. The van der Waals surface area contributed by atoms with E-state index in [9.17, 15) is 9.59 Å². The molecule has 3 rings (SSSR count). The molecule has 2 aliphatic rings. The molecule has 2 aliphatic heterocycles. The molecule has 0 N–H and O–H groups in total. The van der Waals surface area contributed by atoms with Crippen molar-refractivity contribution in [1.82, 2.24) is 4.90 Å². The fraction of sp³-hybridized carbons (Fsp3) is 0.375. The van der Waals surface area contributed by atoms with Crippen molar-refractivity contribution in [1.29, 1.82) is 0 Å². The molecule has 0 bridgehead atoms. The van der Waals surface area contributed by atoms with Gasteiger partial charge >= 0.3 is 0 Å². The van der Waals surface area contributed by atoms with Crippen molar-refractivity contribution < 1.29 is 19.1 Å². The molecule has 1 saturated heterocycles. The number of thioether (sulfide) groups is 1. The lowest BCUT2D eigenvalue weighted by molar-refractivity contribution is -0.124. The molecule has 5 nitrogen and oxygen atoms in total. The molecular weight excluding hydrogens is 302 g/mol. The number of amides is 2. The van der Waals surface area contributed by atoms with Gasteiger partial charge in [0.05, 0.1) is 4.91 Å². The highest BCUT2D eigenvalue weighted by atomic mass is 32.2. The van der Waals surface area contributed by atoms with Crippen LogP contribution in [-0.4, -0.2) is 28.9 Å². The van der Waals surface area contributed by atoms with Crippen LogP contribution in [-0.2, 0) is 4.79 Å². The van der Waals surface area contributed by atoms with Gasteiger partial charge in [0.1, 0.15) is 0 Å². The third kappa shape index (κ3) is 2.47. The van der Waals surface area contributed by atoms with Gasteiger partial charge in [-0.1, -0.05) is 6.92 Å². The summed E-state index contributed by atoms with van der Waals surface area (Å²) in [5.41, 5.74) is 1.83. The van der Waals surface area contributed by atoms with Crippen LogP contribution in [0.2, 0.25) is 0 Å². The van der Waals surface area contributed by atoms with Gasteiger partial charge in [0.25, 0.3) is 11.1 Å². The standard InChI is InChI=1S/C16H17NO4S/c1-4-10(3)17-15(18)14(22-16(17)19)7-11-6-13-12(5-9(11)2)20-8-21-13/h5-7,10H,4,8H2,1-3H3/b14-7+/t10-/m0/s1. The SMILES string of the molecule is CC[C@H](C)N1C(=O)S/C(=C/c2cc3c(cc2C)OCO3)C1=O. The van der Waals surface area contributed by atoms with Gasteiger partial charge < -0.3 is 9.47 Å². The molecule has 0 saturated carbocycles. The zero-order valence-corrected chi connectivity index (χ0v) is 13.5. The van der Waals surface area contributed by atoms with E-state index >= 15 is 0 Å². The average molecular weight is 319 g/mol. The summed E-state index contributed by atoms with van der Waals surface area (Å²) >= 11 is 0.989. The van der Waals surface area contributed by atoms with E-state index in [0.29, 0.717) is 16.4 Å². The number of rotatable bonds is 3. The number of imide groups is 1. The zero-order chi connectivity index (χ0) is 15.9. The maximum Gasteiger partial charge on any atom is 0.293 e. The normalized spacial score (nSPS) is 20.1. The van der Waals surface area contributed by atoms with Crippen molar-refractivity contribution in [2.75, 3.05) is 6.79 Å². The molecule has 2 amide bonds. The van der Waals surface area contributed by atoms with Crippen molar-refractivity contribution in [3.8, 4) is 11.5 Å². The van der Waals surface area contributed by atoms with Crippen LogP contribution < -0.4 is 9.47 Å². The van der Waals surface area contributed by atoms with Crippen molar-refractivity contribution in [2.24, 2.45) is 0 Å². The summed E-state index contributed by atoms with van der Waals surface area (Å²) in [4.78, 5) is 26.2. The molecule has 0 aromatic heterocycles. The van der Waals surface area contributed by atoms with E-state index in [4.69, 9.17) is 9.47 Å². The number of carbonyl (C=O) groups is 2. The highest BCUT2D eigenvalue weighted by Gasteiger charge is 2.37. The van der Waals surface area contributed by atoms with Crippen LogP contribution in [0, 0.1) is 6.92 Å². The summed E-state index contributed by atoms with van der Waals surface area (Å²) in [6, 6.07) is 3.64. The first-order chi connectivity index (χ1) is 10.5. The first-order valence-electron chi connectivity index (χ1n) is 7.18. The molecule has 0 spiro atoms. The molecule has 1 aromatic rings. The van der Waals surface area contributed by atoms with Gasteiger partial charge in [-0.3, -0.25) is 14.5 Å². The number of carbonyl (C=O) groups excluding carboxylic acids is 2. The molecular formula is C16H17NO4S. The number of fused-ring (bicyclic) bond motifs is 1. The molecule has 2 heterocycles. The Hall–Kier alpha value is -1.95. The summed E-state index contributed by atoms with van der Waals surface area (Å²) < 4.78 is 10.7. The van der Waals surface area contributed by atoms with Crippen molar-refractivity contribution in [2.45, 2.75) is 33.2 Å². The van der Waals surface area contributed by atoms with E-state index in [-0.39, 0.29) is 24.0 Å². The first kappa shape index (κ1) is 15.0. The Morgan fingerprint density at radius 3 is 2.68 bits per heavy atom. The van der Waals surface area contributed by atoms with Crippen LogP contribution in [0.15, 0.2) is 17.0 Å². The molecule has 0 aliphatic carbocycles. The quantitative estimate of drug-likeness (QED) is 0.797. The second kappa shape index (κ2) is 5.68. The fourth-order valence-corrected chi connectivity index (χ4v) is 3.32. The Bertz CT molecular complexity index is 683. The lowest BCUT2D eigenvalue weighted by Gasteiger charge is -2.19. The van der Waals surface area contributed by atoms with Gasteiger partial charge in [-0.25, -0.2) is 0 Å². The number of benzene rings is 1. The van der Waals surface area contributed by atoms with Gasteiger partial charge in [0.15, 0.2) is 11.5 Å². The summed E-state index contributed by atoms with van der Waals surface area (Å²) in [6.45, 7) is 5.99. The monoisotopic (exact) mass is 319 g/mol. The Labute approximate surface area is 133 Å². The Morgan fingerprint density at radius 1 is 1.32 bits per heavy atom. The summed E-state index contributed by atoms with van der Waals surface area (Å²) in [5, 5.41) is -0.205. The van der Waals surface area contributed by atoms with E-state index in [1.54, 1.807) is 6.08 Å². The van der Waals surface area contributed by atoms with Crippen molar-refractivity contribution in [3.63, 3.8) is 0 Å². The maximum absolute atomic E-state index is 12.4. The van der Waals surface area contributed by atoms with Gasteiger partial charge in [0, 0.05) is 6.04 Å². The molecule has 1 aromatic carbocycles. The Kier molecular flexibility index (Phi) is 3.87. The zero-order valence-electron chi connectivity index (χ0n) is 12.7. The minimum Gasteiger partial charge on any atom is -0.454 e. The smallest absolute Gasteiger partial charge is 0.293 e. The topological polar surface area (TPSA) is 55.8 Å². The lowest BCUT2D eigenvalue weighted by atomic mass is 10.1. The minimum atomic E-state index is -0.221. The maximum atomic E-state index is 12.4. The van der Waals surface area contributed by atoms with Gasteiger partial charge in [-0.15, -0.1) is 0 Å². The Morgan fingerprint density at radius 2 is 2.00 bits per heavy atom. The largest absolute Gasteiger partial charge is 0.454 e. The molecule has 22 heavy (non-hydrogen) atoms. The summed E-state index contributed by atoms with van der Waals surface area (Å²) in [5.74, 6) is 1.15. The van der Waals surface area contributed by atoms with Gasteiger partial charge in [-0.2, -0.15) is 0 Å². The summed E-state index contributed by atoms with van der Waals surface area (Å²) in [6.07, 6.45) is 2.50. The lowest BCUT2D eigenvalue weighted by Crippen LogP contribution is -2.36. The predicted octanol–water partition coefficient (Wildman–Crippen LogP) is 3.56. The van der Waals surface area contributed by atoms with E-state index in [1.807, 2.05) is 32.9 Å². The van der Waals surface area contributed by atoms with E-state index < -0.39 is 0 Å². The minimum absolute atomic E-state index is 0.0868. The fourth-order valence-electron chi connectivity index (χ4n) is 2.40. The van der Waals surface area contributed by atoms with Crippen LogP contribution in [0.1, 0.15) is 31.4 Å². The molecule has 0 unspecified atom stereocenters. The molecule has 0 radical (unpaired) electrons. The van der Waals surface area contributed by atoms with Crippen LogP contribution in [0.25, 0.3) is 6.08 Å². The molecule has 1 atom stereocenters. The van der Waals surface area contributed by atoms with Gasteiger partial charge in [0.2, 0.25) is 6.79 Å². The Balaban J connectivity index is 1.93. The third-order valence-electron chi connectivity index (χ3n) is 3.90. The number of hydrogen-bond donors (Lipinski definition) is 0.